The lowest BCUT2D eigenvalue weighted by atomic mass is 9.76. The molecule has 76 valence electrons. The van der Waals surface area contributed by atoms with Crippen LogP contribution in [0.15, 0.2) is 24.3 Å². The van der Waals surface area contributed by atoms with E-state index in [0.29, 0.717) is 26.6 Å². The standard InChI is InChI=1S/C7H9B3O5/c1-13-7-4-2-6(3-5-7)10(14-8-11)15-9-12/h2-5,11-12H,1H3. The zero-order valence-electron chi connectivity index (χ0n) is 8.16. The third kappa shape index (κ3) is 3.60. The maximum Gasteiger partial charge on any atom is 0.470 e. The highest BCUT2D eigenvalue weighted by atomic mass is 16.6. The molecule has 0 atom stereocenters. The summed E-state index contributed by atoms with van der Waals surface area (Å²) < 4.78 is 14.4. The largest absolute Gasteiger partial charge is 0.497 e. The zero-order chi connectivity index (χ0) is 11.1. The average Bonchev–Trinajstić information content (AvgIpc) is 2.29. The molecule has 0 aliphatic rings. The number of benzene rings is 1. The normalized spacial score (nSPS) is 9.53. The van der Waals surface area contributed by atoms with Crippen LogP contribution in [0.1, 0.15) is 0 Å². The molecule has 0 bridgehead atoms. The van der Waals surface area contributed by atoms with Crippen LogP contribution in [0.2, 0.25) is 0 Å². The molecule has 8 heteroatoms. The summed E-state index contributed by atoms with van der Waals surface area (Å²) in [6, 6.07) is 6.81. The van der Waals surface area contributed by atoms with Crippen molar-refractivity contribution in [1.82, 2.24) is 0 Å². The van der Waals surface area contributed by atoms with Crippen LogP contribution in [0, 0.1) is 0 Å². The van der Waals surface area contributed by atoms with Gasteiger partial charge in [0.05, 0.1) is 7.11 Å². The second kappa shape index (κ2) is 6.52. The summed E-state index contributed by atoms with van der Waals surface area (Å²) in [5.74, 6) is 0.693. The minimum atomic E-state index is -0.883. The van der Waals surface area contributed by atoms with Gasteiger partial charge in [0.2, 0.25) is 0 Å². The Morgan fingerprint density at radius 2 is 1.60 bits per heavy atom. The molecule has 0 aliphatic heterocycles. The van der Waals surface area contributed by atoms with Crippen LogP contribution < -0.4 is 10.2 Å². The van der Waals surface area contributed by atoms with Crippen molar-refractivity contribution in [2.24, 2.45) is 0 Å². The predicted molar refractivity (Wildman–Crippen MR) is 56.5 cm³/mol. The van der Waals surface area contributed by atoms with Gasteiger partial charge in [0.1, 0.15) is 5.75 Å². The van der Waals surface area contributed by atoms with Gasteiger partial charge in [0.15, 0.2) is 0 Å². The topological polar surface area (TPSA) is 68.2 Å². The van der Waals surface area contributed by atoms with E-state index in [-0.39, 0.29) is 0 Å². The van der Waals surface area contributed by atoms with Gasteiger partial charge in [0.25, 0.3) is 0 Å². The molecule has 0 amide bonds. The molecule has 0 saturated carbocycles. The van der Waals surface area contributed by atoms with Gasteiger partial charge >= 0.3 is 22.5 Å². The van der Waals surface area contributed by atoms with Crippen LogP contribution in [0.3, 0.4) is 0 Å². The molecule has 1 rings (SSSR count). The van der Waals surface area contributed by atoms with Gasteiger partial charge < -0.3 is 23.9 Å². The Morgan fingerprint density at radius 3 is 2.00 bits per heavy atom. The van der Waals surface area contributed by atoms with Gasteiger partial charge in [-0.1, -0.05) is 12.1 Å². The number of hydrogen-bond donors (Lipinski definition) is 2. The van der Waals surface area contributed by atoms with E-state index in [1.807, 2.05) is 0 Å². The molecular formula is C7H9B3O5. The minimum Gasteiger partial charge on any atom is -0.497 e. The van der Waals surface area contributed by atoms with Gasteiger partial charge in [-0.05, 0) is 17.6 Å². The highest BCUT2D eigenvalue weighted by Gasteiger charge is 2.20. The number of methoxy groups -OCH3 is 1. The summed E-state index contributed by atoms with van der Waals surface area (Å²) in [5.41, 5.74) is 0.631. The fraction of sp³-hybridized carbons (Fsp3) is 0.143. The molecule has 5 nitrogen and oxygen atoms in total. The zero-order valence-corrected chi connectivity index (χ0v) is 8.16. The lowest BCUT2D eigenvalue weighted by Crippen LogP contribution is -2.39. The van der Waals surface area contributed by atoms with Crippen molar-refractivity contribution in [3.05, 3.63) is 24.3 Å². The first-order valence-electron chi connectivity index (χ1n) is 4.18. The first kappa shape index (κ1) is 12.1. The van der Waals surface area contributed by atoms with Gasteiger partial charge in [-0.2, -0.15) is 0 Å². The smallest absolute Gasteiger partial charge is 0.470 e. The van der Waals surface area contributed by atoms with Crippen LogP contribution in [0.5, 0.6) is 5.75 Å². The Bertz CT molecular complexity index is 274. The Balaban J connectivity index is 2.72. The van der Waals surface area contributed by atoms with Gasteiger partial charge in [-0.15, -0.1) is 0 Å². The molecule has 2 radical (unpaired) electrons. The highest BCUT2D eigenvalue weighted by molar-refractivity contribution is 6.68. The first-order valence-corrected chi connectivity index (χ1v) is 4.18. The van der Waals surface area contributed by atoms with Gasteiger partial charge in [-0.3, -0.25) is 0 Å². The fourth-order valence-corrected chi connectivity index (χ4v) is 1.06. The third-order valence-corrected chi connectivity index (χ3v) is 1.76. The average molecular weight is 206 g/mol. The Hall–Kier alpha value is -0.945. The van der Waals surface area contributed by atoms with Crippen molar-refractivity contribution in [3.8, 4) is 5.75 Å². The maximum atomic E-state index is 8.48. The Morgan fingerprint density at radius 1 is 1.07 bits per heavy atom. The Kier molecular flexibility index (Phi) is 5.27. The molecule has 15 heavy (non-hydrogen) atoms. The van der Waals surface area contributed by atoms with E-state index >= 15 is 0 Å². The molecule has 0 aromatic heterocycles. The van der Waals surface area contributed by atoms with Crippen LogP contribution >= 0.6 is 0 Å². The van der Waals surface area contributed by atoms with Gasteiger partial charge in [0, 0.05) is 0 Å². The summed E-state index contributed by atoms with van der Waals surface area (Å²) in [6.45, 7) is 0. The molecular weight excluding hydrogens is 197 g/mol. The number of ether oxygens (including phenoxy) is 1. The second-order valence-electron chi connectivity index (χ2n) is 2.59. The van der Waals surface area contributed by atoms with Crippen molar-refractivity contribution >= 4 is 28.0 Å². The maximum absolute atomic E-state index is 8.48. The van der Waals surface area contributed by atoms with E-state index in [0.717, 1.165) is 0 Å². The predicted octanol–water partition coefficient (Wildman–Crippen LogP) is -1.52. The van der Waals surface area contributed by atoms with Crippen LogP contribution in [-0.4, -0.2) is 39.6 Å². The van der Waals surface area contributed by atoms with E-state index < -0.39 is 7.12 Å². The number of hydrogen-bond acceptors (Lipinski definition) is 5. The number of rotatable bonds is 6. The first-order chi connectivity index (χ1) is 7.31. The molecule has 0 unspecified atom stereocenters. The third-order valence-electron chi connectivity index (χ3n) is 1.76. The lowest BCUT2D eigenvalue weighted by Gasteiger charge is -2.11. The molecule has 0 spiro atoms. The van der Waals surface area contributed by atoms with Crippen molar-refractivity contribution < 1.29 is 23.9 Å². The second-order valence-corrected chi connectivity index (χ2v) is 2.59. The summed E-state index contributed by atoms with van der Waals surface area (Å²) in [5, 5.41) is 17.0. The minimum absolute atomic E-state index is 0.498. The Labute approximate surface area is 89.7 Å². The van der Waals surface area contributed by atoms with E-state index in [2.05, 4.69) is 0 Å². The molecule has 0 saturated heterocycles. The van der Waals surface area contributed by atoms with Crippen molar-refractivity contribution in [1.29, 1.82) is 0 Å². The molecule has 0 heterocycles. The summed E-state index contributed by atoms with van der Waals surface area (Å²) >= 11 is 0. The molecule has 2 N–H and O–H groups in total. The van der Waals surface area contributed by atoms with Crippen molar-refractivity contribution in [2.75, 3.05) is 7.11 Å². The van der Waals surface area contributed by atoms with E-state index in [1.54, 1.807) is 31.4 Å². The summed E-state index contributed by atoms with van der Waals surface area (Å²) in [7, 11) is 1.67. The molecule has 0 aliphatic carbocycles. The van der Waals surface area contributed by atoms with E-state index in [9.17, 15) is 0 Å². The summed E-state index contributed by atoms with van der Waals surface area (Å²) in [6.07, 6.45) is 0. The quantitative estimate of drug-likeness (QED) is 0.552. The molecule has 1 aromatic rings. The molecule has 0 fully saturated rings. The monoisotopic (exact) mass is 206 g/mol. The van der Waals surface area contributed by atoms with Crippen LogP contribution in [0.25, 0.3) is 0 Å². The van der Waals surface area contributed by atoms with Crippen molar-refractivity contribution in [2.45, 2.75) is 0 Å². The lowest BCUT2D eigenvalue weighted by molar-refractivity contribution is 0.375. The van der Waals surface area contributed by atoms with E-state index in [1.165, 1.54) is 0 Å². The van der Waals surface area contributed by atoms with Crippen LogP contribution in [0.4, 0.5) is 0 Å². The van der Waals surface area contributed by atoms with Gasteiger partial charge in [-0.25, -0.2) is 0 Å². The fourth-order valence-electron chi connectivity index (χ4n) is 1.06. The highest BCUT2D eigenvalue weighted by Crippen LogP contribution is 2.06. The summed E-state index contributed by atoms with van der Waals surface area (Å²) in [4.78, 5) is 0. The van der Waals surface area contributed by atoms with Crippen LogP contribution in [-0.2, 0) is 9.14 Å². The SMILES string of the molecule is COc1ccc(B(O[B]O)O[B]O)cc1. The molecule has 1 aromatic carbocycles. The van der Waals surface area contributed by atoms with Crippen molar-refractivity contribution in [3.63, 3.8) is 0 Å². The van der Waals surface area contributed by atoms with E-state index in [4.69, 9.17) is 23.9 Å².